The maximum Gasteiger partial charge on any atom is 0.220 e. The number of carbonyl (C=O) groups excluding carboxylic acids is 2. The van der Waals surface area contributed by atoms with Crippen molar-refractivity contribution >= 4 is 12.7 Å². The van der Waals surface area contributed by atoms with Crippen LogP contribution in [0.2, 0.25) is 0 Å². The van der Waals surface area contributed by atoms with E-state index in [2.05, 4.69) is 10.1 Å². The molecular weight excluding hydrogens is 170 g/mol. The van der Waals surface area contributed by atoms with Gasteiger partial charge in [-0.05, 0) is 20.3 Å². The largest absolute Gasteiger partial charge is 0.385 e. The lowest BCUT2D eigenvalue weighted by Crippen LogP contribution is -2.21. The second kappa shape index (κ2) is 11.1. The minimum Gasteiger partial charge on any atom is -0.385 e. The molecule has 1 aliphatic rings. The van der Waals surface area contributed by atoms with Crippen LogP contribution in [-0.4, -0.2) is 32.5 Å². The topological polar surface area (TPSA) is 55.4 Å². The van der Waals surface area contributed by atoms with Crippen molar-refractivity contribution in [1.29, 1.82) is 0 Å². The van der Waals surface area contributed by atoms with Gasteiger partial charge in [0.25, 0.3) is 0 Å². The Bertz CT molecular complexity index is 126. The van der Waals surface area contributed by atoms with E-state index in [-0.39, 0.29) is 5.91 Å². The molecule has 1 N–H and O–H groups in total. The standard InChI is InChI=1S/C5H9NO.C3H8O.CH2O/c1-4-2-3-5(7)6-4;1-3-4-2;1-2/h4H,2-3H2,1H3,(H,6,7);3H2,1-2H3;1H2. The Morgan fingerprint density at radius 2 is 2.08 bits per heavy atom. The molecule has 1 heterocycles. The summed E-state index contributed by atoms with van der Waals surface area (Å²) in [5.41, 5.74) is 0. The van der Waals surface area contributed by atoms with Crippen molar-refractivity contribution in [3.05, 3.63) is 0 Å². The highest BCUT2D eigenvalue weighted by Gasteiger charge is 2.14. The Morgan fingerprint density at radius 1 is 1.62 bits per heavy atom. The summed E-state index contributed by atoms with van der Waals surface area (Å²) in [7, 11) is 1.68. The summed E-state index contributed by atoms with van der Waals surface area (Å²) in [5.74, 6) is 0.201. The molecule has 0 spiro atoms. The van der Waals surface area contributed by atoms with Crippen LogP contribution >= 0.6 is 0 Å². The highest BCUT2D eigenvalue weighted by Crippen LogP contribution is 2.03. The van der Waals surface area contributed by atoms with Crippen LogP contribution < -0.4 is 5.32 Å². The second-order valence-electron chi connectivity index (χ2n) is 2.58. The first kappa shape index (κ1) is 14.6. The number of methoxy groups -OCH3 is 1. The summed E-state index contributed by atoms with van der Waals surface area (Å²) >= 11 is 0. The van der Waals surface area contributed by atoms with Gasteiger partial charge in [-0.2, -0.15) is 0 Å². The maximum absolute atomic E-state index is 10.3. The van der Waals surface area contributed by atoms with E-state index in [1.165, 1.54) is 0 Å². The van der Waals surface area contributed by atoms with Crippen molar-refractivity contribution in [2.75, 3.05) is 13.7 Å². The molecule has 0 aromatic heterocycles. The minimum atomic E-state index is 0.201. The van der Waals surface area contributed by atoms with Crippen LogP contribution in [0.15, 0.2) is 0 Å². The molecule has 1 aliphatic heterocycles. The predicted octanol–water partition coefficient (Wildman–Crippen LogP) is 0.753. The lowest BCUT2D eigenvalue weighted by Gasteiger charge is -1.95. The summed E-state index contributed by atoms with van der Waals surface area (Å²) in [6, 6.07) is 0.424. The van der Waals surface area contributed by atoms with Crippen molar-refractivity contribution in [3.63, 3.8) is 0 Å². The molecular formula is C9H19NO3. The third kappa shape index (κ3) is 11.1. The van der Waals surface area contributed by atoms with Crippen LogP contribution in [0, 0.1) is 0 Å². The molecule has 1 fully saturated rings. The van der Waals surface area contributed by atoms with E-state index in [4.69, 9.17) is 4.79 Å². The Balaban J connectivity index is 0. The van der Waals surface area contributed by atoms with Crippen LogP contribution in [0.25, 0.3) is 0 Å². The SMILES string of the molecule is C=O.CC1CCC(=O)N1.CCOC. The first-order valence-electron chi connectivity index (χ1n) is 4.27. The Morgan fingerprint density at radius 3 is 2.15 bits per heavy atom. The smallest absolute Gasteiger partial charge is 0.220 e. The molecule has 1 atom stereocenters. The molecule has 0 aromatic rings. The number of hydrogen-bond acceptors (Lipinski definition) is 3. The molecule has 78 valence electrons. The number of amides is 1. The average Bonchev–Trinajstić information content (AvgIpc) is 2.54. The van der Waals surface area contributed by atoms with Crippen LogP contribution in [-0.2, 0) is 14.3 Å². The number of carbonyl (C=O) groups is 2. The summed E-state index contributed by atoms with van der Waals surface area (Å²) in [5, 5.41) is 2.78. The van der Waals surface area contributed by atoms with E-state index >= 15 is 0 Å². The van der Waals surface area contributed by atoms with Crippen LogP contribution in [0.4, 0.5) is 0 Å². The lowest BCUT2D eigenvalue weighted by atomic mass is 10.3. The summed E-state index contributed by atoms with van der Waals surface area (Å²) < 4.78 is 4.54. The van der Waals surface area contributed by atoms with E-state index in [1.807, 2.05) is 20.6 Å². The van der Waals surface area contributed by atoms with Crippen molar-refractivity contribution < 1.29 is 14.3 Å². The maximum atomic E-state index is 10.3. The molecule has 4 heteroatoms. The monoisotopic (exact) mass is 189 g/mol. The van der Waals surface area contributed by atoms with E-state index in [0.29, 0.717) is 6.04 Å². The van der Waals surface area contributed by atoms with Crippen LogP contribution in [0.1, 0.15) is 26.7 Å². The average molecular weight is 189 g/mol. The van der Waals surface area contributed by atoms with Crippen LogP contribution in [0.3, 0.4) is 0 Å². The van der Waals surface area contributed by atoms with Gasteiger partial charge < -0.3 is 14.8 Å². The van der Waals surface area contributed by atoms with Gasteiger partial charge in [0.1, 0.15) is 6.79 Å². The van der Waals surface area contributed by atoms with E-state index in [9.17, 15) is 4.79 Å². The quantitative estimate of drug-likeness (QED) is 0.662. The van der Waals surface area contributed by atoms with Gasteiger partial charge >= 0.3 is 0 Å². The van der Waals surface area contributed by atoms with E-state index < -0.39 is 0 Å². The van der Waals surface area contributed by atoms with Crippen molar-refractivity contribution in [2.45, 2.75) is 32.7 Å². The zero-order valence-corrected chi connectivity index (χ0v) is 8.63. The predicted molar refractivity (Wildman–Crippen MR) is 51.5 cm³/mol. The number of nitrogens with one attached hydrogen (secondary N) is 1. The fourth-order valence-corrected chi connectivity index (χ4v) is 0.767. The molecule has 1 saturated heterocycles. The first-order chi connectivity index (χ1) is 6.20. The zero-order valence-electron chi connectivity index (χ0n) is 8.63. The van der Waals surface area contributed by atoms with Gasteiger partial charge in [-0.1, -0.05) is 0 Å². The minimum absolute atomic E-state index is 0.201. The highest BCUT2D eigenvalue weighted by atomic mass is 16.5. The first-order valence-corrected chi connectivity index (χ1v) is 4.27. The molecule has 0 saturated carbocycles. The van der Waals surface area contributed by atoms with Gasteiger partial charge in [-0.25, -0.2) is 0 Å². The third-order valence-corrected chi connectivity index (χ3v) is 1.50. The van der Waals surface area contributed by atoms with Gasteiger partial charge in [0.15, 0.2) is 0 Å². The van der Waals surface area contributed by atoms with Crippen molar-refractivity contribution in [3.8, 4) is 0 Å². The molecule has 0 aromatic carbocycles. The molecule has 4 nitrogen and oxygen atoms in total. The summed E-state index contributed by atoms with van der Waals surface area (Å²) in [6.45, 7) is 6.80. The normalized spacial score (nSPS) is 19.0. The number of rotatable bonds is 1. The summed E-state index contributed by atoms with van der Waals surface area (Å²) in [4.78, 5) is 18.3. The molecule has 0 bridgehead atoms. The Kier molecular flexibility index (Phi) is 12.5. The third-order valence-electron chi connectivity index (χ3n) is 1.50. The fourth-order valence-electron chi connectivity index (χ4n) is 0.767. The van der Waals surface area contributed by atoms with E-state index in [1.54, 1.807) is 7.11 Å². The van der Waals surface area contributed by atoms with Gasteiger partial charge in [0.2, 0.25) is 5.91 Å². The van der Waals surface area contributed by atoms with Gasteiger partial charge in [-0.15, -0.1) is 0 Å². The lowest BCUT2D eigenvalue weighted by molar-refractivity contribution is -0.119. The van der Waals surface area contributed by atoms with Crippen molar-refractivity contribution in [1.82, 2.24) is 5.32 Å². The second-order valence-corrected chi connectivity index (χ2v) is 2.58. The summed E-state index contributed by atoms with van der Waals surface area (Å²) in [6.07, 6.45) is 1.74. The van der Waals surface area contributed by atoms with Gasteiger partial charge in [0.05, 0.1) is 0 Å². The highest BCUT2D eigenvalue weighted by molar-refractivity contribution is 5.78. The molecule has 1 rings (SSSR count). The molecule has 0 radical (unpaired) electrons. The Hall–Kier alpha value is -0.900. The van der Waals surface area contributed by atoms with Crippen LogP contribution in [0.5, 0.6) is 0 Å². The van der Waals surface area contributed by atoms with E-state index in [0.717, 1.165) is 19.4 Å². The zero-order chi connectivity index (χ0) is 10.7. The Labute approximate surface area is 79.7 Å². The molecule has 1 unspecified atom stereocenters. The van der Waals surface area contributed by atoms with Crippen molar-refractivity contribution in [2.24, 2.45) is 0 Å². The van der Waals surface area contributed by atoms with Gasteiger partial charge in [-0.3, -0.25) is 4.79 Å². The number of hydrogen-bond donors (Lipinski definition) is 1. The molecule has 1 amide bonds. The molecule has 0 aliphatic carbocycles. The molecule has 13 heavy (non-hydrogen) atoms. The number of ether oxygens (including phenoxy) is 1. The van der Waals surface area contributed by atoms with Gasteiger partial charge in [0, 0.05) is 26.2 Å². The fraction of sp³-hybridized carbons (Fsp3) is 0.778.